The van der Waals surface area contributed by atoms with Crippen molar-refractivity contribution in [3.8, 4) is 0 Å². The Labute approximate surface area is 65.2 Å². The fourth-order valence-electron chi connectivity index (χ4n) is 1.28. The minimum Gasteiger partial charge on any atom is -0.288 e. The molecule has 0 atom stereocenters. The van der Waals surface area contributed by atoms with Crippen LogP contribution in [0.4, 0.5) is 0 Å². The number of rotatable bonds is 0. The highest BCUT2D eigenvalue weighted by Gasteiger charge is 2.12. The average Bonchev–Trinajstić information content (AvgIpc) is 2.45. The van der Waals surface area contributed by atoms with Gasteiger partial charge in [0.05, 0.1) is 17.9 Å². The monoisotopic (exact) mass is 147 g/mol. The van der Waals surface area contributed by atoms with Crippen molar-refractivity contribution >= 4 is 6.21 Å². The summed E-state index contributed by atoms with van der Waals surface area (Å²) in [5.74, 6) is 0. The molecule has 11 heavy (non-hydrogen) atoms. The maximum Gasteiger partial charge on any atom is 0.0691 e. The quantitative estimate of drug-likeness (QED) is 0.549. The van der Waals surface area contributed by atoms with E-state index in [1.807, 2.05) is 20.1 Å². The number of aryl methyl sites for hydroxylation is 2. The minimum atomic E-state index is 0.775. The van der Waals surface area contributed by atoms with Crippen molar-refractivity contribution in [2.45, 2.75) is 20.4 Å². The van der Waals surface area contributed by atoms with Crippen molar-refractivity contribution < 1.29 is 0 Å². The van der Waals surface area contributed by atoms with Crippen LogP contribution in [0.3, 0.4) is 0 Å². The van der Waals surface area contributed by atoms with Crippen molar-refractivity contribution in [3.63, 3.8) is 0 Å². The van der Waals surface area contributed by atoms with Gasteiger partial charge in [0.15, 0.2) is 0 Å². The van der Waals surface area contributed by atoms with Crippen LogP contribution in [0.1, 0.15) is 22.5 Å². The van der Waals surface area contributed by atoms with Crippen LogP contribution in [0.5, 0.6) is 0 Å². The van der Waals surface area contributed by atoms with Gasteiger partial charge in [-0.3, -0.25) is 4.99 Å². The van der Waals surface area contributed by atoms with E-state index < -0.39 is 0 Å². The van der Waals surface area contributed by atoms with Gasteiger partial charge in [-0.25, -0.2) is 0 Å². The van der Waals surface area contributed by atoms with E-state index in [9.17, 15) is 0 Å². The molecule has 0 radical (unpaired) electrons. The summed E-state index contributed by atoms with van der Waals surface area (Å²) in [4.78, 5) is 4.17. The van der Waals surface area contributed by atoms with Crippen LogP contribution < -0.4 is 0 Å². The molecule has 0 N–H and O–H groups in total. The van der Waals surface area contributed by atoms with E-state index >= 15 is 0 Å². The first kappa shape index (κ1) is 6.46. The lowest BCUT2D eigenvalue weighted by Gasteiger charge is -2.01. The molecular weight excluding hydrogens is 138 g/mol. The van der Waals surface area contributed by atoms with Gasteiger partial charge in [0.2, 0.25) is 0 Å². The minimum absolute atomic E-state index is 0.775. The maximum atomic E-state index is 4.17. The molecule has 0 fully saturated rings. The predicted molar refractivity (Wildman–Crippen MR) is 42.8 cm³/mol. The van der Waals surface area contributed by atoms with Gasteiger partial charge in [0, 0.05) is 17.3 Å². The highest BCUT2D eigenvalue weighted by molar-refractivity contribution is 5.85. The summed E-state index contributed by atoms with van der Waals surface area (Å²) in [5.41, 5.74) is 4.38. The maximum absolute atomic E-state index is 4.17. The van der Waals surface area contributed by atoms with E-state index in [0.717, 1.165) is 23.5 Å². The molecule has 2 rings (SSSR count). The molecule has 56 valence electrons. The van der Waals surface area contributed by atoms with Crippen LogP contribution in [0.2, 0.25) is 0 Å². The third kappa shape index (κ3) is 0.843. The Kier molecular flexibility index (Phi) is 1.24. The standard InChI is InChI=1S/C8H9N3/c1-5-7-3-9-4-8(7)6(2)11-10-5/h3H,4H2,1-2H3. The largest absolute Gasteiger partial charge is 0.288 e. The molecule has 0 saturated heterocycles. The third-order valence-electron chi connectivity index (χ3n) is 1.97. The Bertz CT molecular complexity index is 328. The molecule has 1 aliphatic rings. The van der Waals surface area contributed by atoms with Crippen molar-refractivity contribution in [2.75, 3.05) is 0 Å². The molecule has 1 aromatic heterocycles. The Balaban J connectivity index is 2.71. The van der Waals surface area contributed by atoms with Crippen LogP contribution in [-0.2, 0) is 6.54 Å². The zero-order valence-electron chi connectivity index (χ0n) is 6.63. The molecule has 0 amide bonds. The Morgan fingerprint density at radius 1 is 1.18 bits per heavy atom. The molecule has 3 nitrogen and oxygen atoms in total. The number of fused-ring (bicyclic) bond motifs is 1. The van der Waals surface area contributed by atoms with Crippen LogP contribution in [-0.4, -0.2) is 16.4 Å². The molecule has 1 aromatic rings. The number of aromatic nitrogens is 2. The fraction of sp³-hybridized carbons (Fsp3) is 0.375. The molecule has 0 saturated carbocycles. The lowest BCUT2D eigenvalue weighted by atomic mass is 10.1. The van der Waals surface area contributed by atoms with Gasteiger partial charge in [-0.05, 0) is 13.8 Å². The smallest absolute Gasteiger partial charge is 0.0691 e. The molecule has 0 spiro atoms. The summed E-state index contributed by atoms with van der Waals surface area (Å²) in [6, 6.07) is 0. The van der Waals surface area contributed by atoms with E-state index in [2.05, 4.69) is 15.2 Å². The van der Waals surface area contributed by atoms with Crippen molar-refractivity contribution in [1.82, 2.24) is 10.2 Å². The van der Waals surface area contributed by atoms with Crippen LogP contribution >= 0.6 is 0 Å². The highest BCUT2D eigenvalue weighted by Crippen LogP contribution is 2.17. The summed E-state index contributed by atoms with van der Waals surface area (Å²) in [5, 5.41) is 8.03. The summed E-state index contributed by atoms with van der Waals surface area (Å²) < 4.78 is 0. The molecule has 1 aliphatic heterocycles. The van der Waals surface area contributed by atoms with Crippen molar-refractivity contribution in [2.24, 2.45) is 4.99 Å². The van der Waals surface area contributed by atoms with Gasteiger partial charge in [-0.1, -0.05) is 0 Å². The number of hydrogen-bond acceptors (Lipinski definition) is 3. The summed E-state index contributed by atoms with van der Waals surface area (Å²) in [7, 11) is 0. The summed E-state index contributed by atoms with van der Waals surface area (Å²) >= 11 is 0. The average molecular weight is 147 g/mol. The van der Waals surface area contributed by atoms with Gasteiger partial charge in [0.1, 0.15) is 0 Å². The number of aliphatic imine (C=N–C) groups is 1. The highest BCUT2D eigenvalue weighted by atomic mass is 15.1. The van der Waals surface area contributed by atoms with E-state index in [4.69, 9.17) is 0 Å². The Morgan fingerprint density at radius 2 is 1.91 bits per heavy atom. The van der Waals surface area contributed by atoms with Crippen LogP contribution in [0.15, 0.2) is 4.99 Å². The van der Waals surface area contributed by atoms with Crippen molar-refractivity contribution in [3.05, 3.63) is 22.5 Å². The first-order chi connectivity index (χ1) is 5.29. The van der Waals surface area contributed by atoms with E-state index in [1.165, 1.54) is 5.56 Å². The normalized spacial score (nSPS) is 13.6. The second kappa shape index (κ2) is 2.12. The first-order valence-electron chi connectivity index (χ1n) is 3.61. The molecule has 3 heteroatoms. The zero-order valence-corrected chi connectivity index (χ0v) is 6.63. The van der Waals surface area contributed by atoms with E-state index in [-0.39, 0.29) is 0 Å². The van der Waals surface area contributed by atoms with Gasteiger partial charge < -0.3 is 0 Å². The zero-order chi connectivity index (χ0) is 7.84. The van der Waals surface area contributed by atoms with E-state index in [0.29, 0.717) is 0 Å². The lowest BCUT2D eigenvalue weighted by molar-refractivity contribution is 0.903. The second-order valence-electron chi connectivity index (χ2n) is 2.73. The SMILES string of the molecule is Cc1nnc(C)c2c1C=NC2. The number of hydrogen-bond donors (Lipinski definition) is 0. The summed E-state index contributed by atoms with van der Waals surface area (Å²) in [6.07, 6.45) is 1.88. The molecule has 0 bridgehead atoms. The predicted octanol–water partition coefficient (Wildman–Crippen LogP) is 1.03. The first-order valence-corrected chi connectivity index (χ1v) is 3.61. The lowest BCUT2D eigenvalue weighted by Crippen LogP contribution is -2.00. The molecule has 0 unspecified atom stereocenters. The van der Waals surface area contributed by atoms with Crippen molar-refractivity contribution in [1.29, 1.82) is 0 Å². The van der Waals surface area contributed by atoms with Crippen LogP contribution in [0, 0.1) is 13.8 Å². The molecular formula is C8H9N3. The number of nitrogens with zero attached hydrogens (tertiary/aromatic N) is 3. The van der Waals surface area contributed by atoms with Gasteiger partial charge in [-0.15, -0.1) is 0 Å². The van der Waals surface area contributed by atoms with Gasteiger partial charge in [0.25, 0.3) is 0 Å². The second-order valence-corrected chi connectivity index (χ2v) is 2.73. The topological polar surface area (TPSA) is 38.1 Å². The Morgan fingerprint density at radius 3 is 2.64 bits per heavy atom. The Hall–Kier alpha value is -1.25. The molecule has 2 heterocycles. The van der Waals surface area contributed by atoms with Gasteiger partial charge >= 0.3 is 0 Å². The summed E-state index contributed by atoms with van der Waals surface area (Å²) in [6.45, 7) is 4.71. The van der Waals surface area contributed by atoms with Crippen LogP contribution in [0.25, 0.3) is 0 Å². The fourth-order valence-corrected chi connectivity index (χ4v) is 1.28. The molecule has 0 aliphatic carbocycles. The third-order valence-corrected chi connectivity index (χ3v) is 1.97. The van der Waals surface area contributed by atoms with Gasteiger partial charge in [-0.2, -0.15) is 10.2 Å². The van der Waals surface area contributed by atoms with E-state index in [1.54, 1.807) is 0 Å². The molecule has 0 aromatic carbocycles.